The molecule has 1 nitrogen and oxygen atoms in total. The van der Waals surface area contributed by atoms with Crippen LogP contribution in [0.4, 0.5) is 4.39 Å². The largest absolute Gasteiger partial charge is 0.304 e. The van der Waals surface area contributed by atoms with Crippen molar-refractivity contribution in [2.75, 3.05) is 0 Å². The number of nitrogens with one attached hydrogen (secondary N) is 1. The maximum atomic E-state index is 13.8. The van der Waals surface area contributed by atoms with Gasteiger partial charge >= 0.3 is 0 Å². The summed E-state index contributed by atoms with van der Waals surface area (Å²) in [7, 11) is 0. The summed E-state index contributed by atoms with van der Waals surface area (Å²) in [6.07, 6.45) is 0. The zero-order valence-corrected chi connectivity index (χ0v) is 12.7. The van der Waals surface area contributed by atoms with E-state index < -0.39 is 0 Å². The molecule has 2 aromatic rings. The highest BCUT2D eigenvalue weighted by atomic mass is 79.9. The number of hydrogen-bond donors (Lipinski definition) is 1. The lowest BCUT2D eigenvalue weighted by Gasteiger charge is -2.20. The molecule has 18 heavy (non-hydrogen) atoms. The van der Waals surface area contributed by atoms with Gasteiger partial charge in [0.1, 0.15) is 5.82 Å². The van der Waals surface area contributed by atoms with Crippen LogP contribution in [-0.2, 0) is 0 Å². The van der Waals surface area contributed by atoms with Crippen LogP contribution in [0.25, 0.3) is 0 Å². The molecular weight excluding hydrogens is 313 g/mol. The number of hydrogen-bond acceptors (Lipinski definition) is 2. The topological polar surface area (TPSA) is 12.0 Å². The minimum atomic E-state index is -0.179. The highest BCUT2D eigenvalue weighted by Crippen LogP contribution is 2.24. The number of halogens is 2. The van der Waals surface area contributed by atoms with Gasteiger partial charge in [-0.3, -0.25) is 0 Å². The summed E-state index contributed by atoms with van der Waals surface area (Å²) in [5.41, 5.74) is 1.93. The van der Waals surface area contributed by atoms with Crippen molar-refractivity contribution < 1.29 is 4.39 Å². The molecule has 1 N–H and O–H groups in total. The molecule has 0 aliphatic carbocycles. The van der Waals surface area contributed by atoms with Gasteiger partial charge in [-0.15, -0.1) is 0 Å². The Morgan fingerprint density at radius 1 is 1.22 bits per heavy atom. The van der Waals surface area contributed by atoms with Crippen LogP contribution in [0.1, 0.15) is 37.1 Å². The molecular formula is C14H15BrFNS. The van der Waals surface area contributed by atoms with Gasteiger partial charge in [-0.25, -0.2) is 4.39 Å². The molecule has 2 atom stereocenters. The molecule has 0 radical (unpaired) electrons. The Bertz CT molecular complexity index is 513. The van der Waals surface area contributed by atoms with Gasteiger partial charge < -0.3 is 5.32 Å². The van der Waals surface area contributed by atoms with Crippen molar-refractivity contribution in [3.8, 4) is 0 Å². The molecule has 2 unspecified atom stereocenters. The monoisotopic (exact) mass is 327 g/mol. The lowest BCUT2D eigenvalue weighted by Crippen LogP contribution is -2.22. The van der Waals surface area contributed by atoms with Crippen LogP contribution >= 0.6 is 27.3 Å². The molecule has 0 fully saturated rings. The zero-order chi connectivity index (χ0) is 13.1. The Labute approximate surface area is 119 Å². The van der Waals surface area contributed by atoms with Crippen LogP contribution in [0.15, 0.2) is 39.5 Å². The molecule has 1 aromatic carbocycles. The third-order valence-electron chi connectivity index (χ3n) is 2.97. The molecule has 0 amide bonds. The fraction of sp³-hybridized carbons (Fsp3) is 0.286. The normalized spacial score (nSPS) is 14.4. The van der Waals surface area contributed by atoms with Gasteiger partial charge in [0, 0.05) is 22.1 Å². The van der Waals surface area contributed by atoms with Gasteiger partial charge in [0.25, 0.3) is 0 Å². The van der Waals surface area contributed by atoms with Gasteiger partial charge in [-0.1, -0.05) is 22.0 Å². The van der Waals surface area contributed by atoms with E-state index in [2.05, 4.69) is 45.0 Å². The minimum Gasteiger partial charge on any atom is -0.304 e. The molecule has 1 heterocycles. The quantitative estimate of drug-likeness (QED) is 0.827. The summed E-state index contributed by atoms with van der Waals surface area (Å²) in [5, 5.41) is 7.58. The molecule has 4 heteroatoms. The van der Waals surface area contributed by atoms with E-state index in [1.165, 1.54) is 11.6 Å². The van der Waals surface area contributed by atoms with Crippen molar-refractivity contribution >= 4 is 27.3 Å². The number of thiophene rings is 1. The molecule has 1 aromatic heterocycles. The lowest BCUT2D eigenvalue weighted by atomic mass is 10.1. The van der Waals surface area contributed by atoms with Crippen molar-refractivity contribution in [3.63, 3.8) is 0 Å². The average molecular weight is 328 g/mol. The van der Waals surface area contributed by atoms with Crippen LogP contribution in [0.2, 0.25) is 0 Å². The first kappa shape index (κ1) is 13.7. The third kappa shape index (κ3) is 3.19. The summed E-state index contributed by atoms with van der Waals surface area (Å²) < 4.78 is 14.6. The van der Waals surface area contributed by atoms with E-state index in [4.69, 9.17) is 0 Å². The third-order valence-corrected chi connectivity index (χ3v) is 4.17. The Balaban J connectivity index is 2.10. The van der Waals surface area contributed by atoms with Crippen LogP contribution in [-0.4, -0.2) is 0 Å². The molecule has 96 valence electrons. The molecule has 0 saturated carbocycles. The first-order chi connectivity index (χ1) is 8.58. The van der Waals surface area contributed by atoms with E-state index in [9.17, 15) is 4.39 Å². The fourth-order valence-corrected chi connectivity index (χ4v) is 3.02. The fourth-order valence-electron chi connectivity index (χ4n) is 1.94. The Kier molecular flexibility index (Phi) is 4.54. The van der Waals surface area contributed by atoms with E-state index in [1.54, 1.807) is 11.3 Å². The van der Waals surface area contributed by atoms with E-state index in [-0.39, 0.29) is 17.9 Å². The molecule has 0 aliphatic rings. The first-order valence-corrected chi connectivity index (χ1v) is 7.54. The van der Waals surface area contributed by atoms with Gasteiger partial charge in [-0.05, 0) is 48.4 Å². The van der Waals surface area contributed by atoms with Gasteiger partial charge in [-0.2, -0.15) is 11.3 Å². The van der Waals surface area contributed by atoms with Crippen molar-refractivity contribution in [2.24, 2.45) is 0 Å². The molecule has 0 bridgehead atoms. The summed E-state index contributed by atoms with van der Waals surface area (Å²) in [6.45, 7) is 4.07. The lowest BCUT2D eigenvalue weighted by molar-refractivity contribution is 0.474. The van der Waals surface area contributed by atoms with Gasteiger partial charge in [0.05, 0.1) is 0 Å². The summed E-state index contributed by atoms with van der Waals surface area (Å²) in [6, 6.07) is 7.47. The second kappa shape index (κ2) is 5.95. The first-order valence-electron chi connectivity index (χ1n) is 5.81. The highest BCUT2D eigenvalue weighted by molar-refractivity contribution is 9.10. The maximum Gasteiger partial charge on any atom is 0.129 e. The molecule has 2 rings (SSSR count). The zero-order valence-electron chi connectivity index (χ0n) is 10.3. The number of benzene rings is 1. The van der Waals surface area contributed by atoms with Gasteiger partial charge in [0.15, 0.2) is 0 Å². The molecule has 0 spiro atoms. The predicted molar refractivity (Wildman–Crippen MR) is 78.4 cm³/mol. The van der Waals surface area contributed by atoms with Crippen LogP contribution in [0, 0.1) is 5.82 Å². The van der Waals surface area contributed by atoms with E-state index in [1.807, 2.05) is 19.1 Å². The summed E-state index contributed by atoms with van der Waals surface area (Å²) in [5.74, 6) is -0.179. The van der Waals surface area contributed by atoms with E-state index >= 15 is 0 Å². The molecule has 0 aliphatic heterocycles. The highest BCUT2D eigenvalue weighted by Gasteiger charge is 2.14. The maximum absolute atomic E-state index is 13.8. The second-order valence-electron chi connectivity index (χ2n) is 4.33. The minimum absolute atomic E-state index is 0.0204. The second-order valence-corrected chi connectivity index (χ2v) is 6.03. The standard InChI is InChI=1S/C14H15BrFNS/c1-9(11-5-6-18-8-11)17-10(2)13-4-3-12(15)7-14(13)16/h3-10,17H,1-2H3. The van der Waals surface area contributed by atoms with E-state index in [0.29, 0.717) is 5.56 Å². The average Bonchev–Trinajstić information content (AvgIpc) is 2.81. The van der Waals surface area contributed by atoms with Crippen molar-refractivity contribution in [1.82, 2.24) is 5.32 Å². The smallest absolute Gasteiger partial charge is 0.129 e. The summed E-state index contributed by atoms with van der Waals surface area (Å²) in [4.78, 5) is 0. The van der Waals surface area contributed by atoms with Crippen molar-refractivity contribution in [2.45, 2.75) is 25.9 Å². The Morgan fingerprint density at radius 2 is 2.00 bits per heavy atom. The number of rotatable bonds is 4. The van der Waals surface area contributed by atoms with Crippen LogP contribution in [0.5, 0.6) is 0 Å². The van der Waals surface area contributed by atoms with Gasteiger partial charge in [0.2, 0.25) is 0 Å². The summed E-state index contributed by atoms with van der Waals surface area (Å²) >= 11 is 4.94. The Hall–Kier alpha value is -0.710. The Morgan fingerprint density at radius 3 is 2.61 bits per heavy atom. The van der Waals surface area contributed by atoms with Crippen molar-refractivity contribution in [3.05, 3.63) is 56.4 Å². The van der Waals surface area contributed by atoms with Crippen LogP contribution in [0.3, 0.4) is 0 Å². The predicted octanol–water partition coefficient (Wildman–Crippen LogP) is 5.06. The van der Waals surface area contributed by atoms with Crippen LogP contribution < -0.4 is 5.32 Å². The SMILES string of the molecule is CC(NC(C)c1ccc(Br)cc1F)c1ccsc1. The van der Waals surface area contributed by atoms with Crippen molar-refractivity contribution in [1.29, 1.82) is 0 Å². The molecule has 0 saturated heterocycles. The van der Waals surface area contributed by atoms with E-state index in [0.717, 1.165) is 4.47 Å².